The van der Waals surface area contributed by atoms with Crippen molar-refractivity contribution in [2.24, 2.45) is 0 Å². The SMILES string of the molecule is O=C(CN(c1ccc(Cl)c(Cl)c1)S(=O)(=O)c1ccccc1)NCc1cccc(C(F)(F)F)c1. The molecular weight excluding hydrogens is 500 g/mol. The molecule has 0 spiro atoms. The maximum absolute atomic E-state index is 13.2. The van der Waals surface area contributed by atoms with Crippen molar-refractivity contribution >= 4 is 44.8 Å². The van der Waals surface area contributed by atoms with E-state index in [4.69, 9.17) is 23.2 Å². The molecule has 0 aliphatic carbocycles. The number of rotatable bonds is 7. The maximum Gasteiger partial charge on any atom is 0.416 e. The number of nitrogens with zero attached hydrogens (tertiary/aromatic N) is 1. The van der Waals surface area contributed by atoms with Crippen molar-refractivity contribution in [3.63, 3.8) is 0 Å². The maximum atomic E-state index is 13.2. The Labute approximate surface area is 198 Å². The lowest BCUT2D eigenvalue weighted by molar-refractivity contribution is -0.137. The summed E-state index contributed by atoms with van der Waals surface area (Å²) in [5.41, 5.74) is -0.536. The van der Waals surface area contributed by atoms with Crippen LogP contribution in [0.5, 0.6) is 0 Å². The average molecular weight is 517 g/mol. The van der Waals surface area contributed by atoms with Gasteiger partial charge in [0.1, 0.15) is 6.54 Å². The van der Waals surface area contributed by atoms with Gasteiger partial charge in [0.15, 0.2) is 0 Å². The number of alkyl halides is 3. The summed E-state index contributed by atoms with van der Waals surface area (Å²) in [6, 6.07) is 16.1. The van der Waals surface area contributed by atoms with E-state index in [1.165, 1.54) is 54.6 Å². The zero-order chi connectivity index (χ0) is 24.2. The summed E-state index contributed by atoms with van der Waals surface area (Å²) in [6.45, 7) is -0.850. The van der Waals surface area contributed by atoms with Crippen molar-refractivity contribution < 1.29 is 26.4 Å². The third-order valence-electron chi connectivity index (χ3n) is 4.55. The van der Waals surface area contributed by atoms with Gasteiger partial charge in [-0.15, -0.1) is 0 Å². The van der Waals surface area contributed by atoms with Crippen molar-refractivity contribution in [3.05, 3.63) is 94.0 Å². The molecule has 0 saturated heterocycles. The van der Waals surface area contributed by atoms with Crippen LogP contribution in [0, 0.1) is 0 Å². The first-order valence-electron chi connectivity index (χ1n) is 9.44. The third-order valence-corrected chi connectivity index (χ3v) is 7.08. The number of carbonyl (C=O) groups is 1. The van der Waals surface area contributed by atoms with Gasteiger partial charge in [0, 0.05) is 6.54 Å². The van der Waals surface area contributed by atoms with E-state index >= 15 is 0 Å². The number of sulfonamides is 1. The summed E-state index contributed by atoms with van der Waals surface area (Å²) in [7, 11) is -4.17. The lowest BCUT2D eigenvalue weighted by Crippen LogP contribution is -2.40. The topological polar surface area (TPSA) is 66.5 Å². The van der Waals surface area contributed by atoms with Crippen LogP contribution in [0.1, 0.15) is 11.1 Å². The first kappa shape index (κ1) is 24.9. The summed E-state index contributed by atoms with van der Waals surface area (Å²) in [5, 5.41) is 2.75. The van der Waals surface area contributed by atoms with Crippen molar-refractivity contribution in [2.45, 2.75) is 17.6 Å². The van der Waals surface area contributed by atoms with E-state index in [0.717, 1.165) is 16.4 Å². The van der Waals surface area contributed by atoms with Crippen LogP contribution < -0.4 is 9.62 Å². The molecule has 0 radical (unpaired) electrons. The van der Waals surface area contributed by atoms with Gasteiger partial charge in [0.05, 0.1) is 26.2 Å². The molecule has 5 nitrogen and oxygen atoms in total. The Bertz CT molecular complexity index is 1250. The number of hydrogen-bond donors (Lipinski definition) is 1. The van der Waals surface area contributed by atoms with Crippen LogP contribution in [-0.4, -0.2) is 20.9 Å². The van der Waals surface area contributed by atoms with E-state index in [-0.39, 0.29) is 32.7 Å². The summed E-state index contributed by atoms with van der Waals surface area (Å²) >= 11 is 12.0. The number of benzene rings is 3. The summed E-state index contributed by atoms with van der Waals surface area (Å²) in [4.78, 5) is 12.6. The molecule has 0 aromatic heterocycles. The van der Waals surface area contributed by atoms with Crippen LogP contribution in [-0.2, 0) is 27.5 Å². The molecule has 11 heteroatoms. The Hall–Kier alpha value is -2.75. The van der Waals surface area contributed by atoms with Gasteiger partial charge in [-0.3, -0.25) is 9.10 Å². The van der Waals surface area contributed by atoms with E-state index < -0.39 is 34.2 Å². The molecule has 1 N–H and O–H groups in total. The molecule has 0 heterocycles. The fourth-order valence-corrected chi connectivity index (χ4v) is 4.65. The van der Waals surface area contributed by atoms with Gasteiger partial charge >= 0.3 is 6.18 Å². The van der Waals surface area contributed by atoms with Crippen LogP contribution >= 0.6 is 23.2 Å². The van der Waals surface area contributed by atoms with Crippen LogP contribution in [0.25, 0.3) is 0 Å². The molecule has 3 rings (SSSR count). The second kappa shape index (κ2) is 10.0. The molecule has 0 saturated carbocycles. The van der Waals surface area contributed by atoms with E-state index in [1.54, 1.807) is 6.07 Å². The normalized spacial score (nSPS) is 11.8. The Morgan fingerprint density at radius 1 is 0.909 bits per heavy atom. The third kappa shape index (κ3) is 6.19. The summed E-state index contributed by atoms with van der Waals surface area (Å²) in [6.07, 6.45) is -4.52. The first-order valence-corrected chi connectivity index (χ1v) is 11.6. The molecule has 0 bridgehead atoms. The molecule has 0 atom stereocenters. The number of nitrogens with one attached hydrogen (secondary N) is 1. The highest BCUT2D eigenvalue weighted by Gasteiger charge is 2.30. The molecule has 0 fully saturated rings. The van der Waals surface area contributed by atoms with Crippen LogP contribution in [0.4, 0.5) is 18.9 Å². The standard InChI is InChI=1S/C22H17Cl2F3N2O3S/c23-19-10-9-17(12-20(19)24)29(33(31,32)18-7-2-1-3-8-18)14-21(30)28-13-15-5-4-6-16(11-15)22(25,26)27/h1-12H,13-14H2,(H,28,30). The minimum Gasteiger partial charge on any atom is -0.350 e. The van der Waals surface area contributed by atoms with E-state index in [2.05, 4.69) is 5.32 Å². The predicted molar refractivity (Wildman–Crippen MR) is 121 cm³/mol. The Morgan fingerprint density at radius 3 is 2.24 bits per heavy atom. The fraction of sp³-hybridized carbons (Fsp3) is 0.136. The predicted octanol–water partition coefficient (Wildman–Crippen LogP) is 5.52. The van der Waals surface area contributed by atoms with Gasteiger partial charge in [0.2, 0.25) is 5.91 Å². The molecule has 0 unspecified atom stereocenters. The lowest BCUT2D eigenvalue weighted by Gasteiger charge is -2.24. The zero-order valence-corrected chi connectivity index (χ0v) is 19.1. The first-order chi connectivity index (χ1) is 15.5. The Kier molecular flexibility index (Phi) is 7.56. The molecule has 174 valence electrons. The lowest BCUT2D eigenvalue weighted by atomic mass is 10.1. The second-order valence-corrected chi connectivity index (χ2v) is 9.57. The van der Waals surface area contributed by atoms with Crippen LogP contribution in [0.3, 0.4) is 0 Å². The van der Waals surface area contributed by atoms with E-state index in [0.29, 0.717) is 0 Å². The number of halogens is 5. The van der Waals surface area contributed by atoms with Crippen molar-refractivity contribution in [1.82, 2.24) is 5.32 Å². The van der Waals surface area contributed by atoms with E-state index in [1.807, 2.05) is 0 Å². The highest BCUT2D eigenvalue weighted by molar-refractivity contribution is 7.92. The van der Waals surface area contributed by atoms with E-state index in [9.17, 15) is 26.4 Å². The quantitative estimate of drug-likeness (QED) is 0.449. The summed E-state index contributed by atoms with van der Waals surface area (Å²) < 4.78 is 66.0. The van der Waals surface area contributed by atoms with Crippen LogP contribution in [0.15, 0.2) is 77.7 Å². The molecule has 33 heavy (non-hydrogen) atoms. The minimum atomic E-state index is -4.52. The van der Waals surface area contributed by atoms with Crippen LogP contribution in [0.2, 0.25) is 10.0 Å². The molecule has 3 aromatic rings. The largest absolute Gasteiger partial charge is 0.416 e. The molecule has 0 aliphatic rings. The van der Waals surface area contributed by atoms with Gasteiger partial charge < -0.3 is 5.32 Å². The van der Waals surface area contributed by atoms with Gasteiger partial charge in [-0.1, -0.05) is 53.5 Å². The summed E-state index contributed by atoms with van der Waals surface area (Å²) in [5.74, 6) is -0.724. The van der Waals surface area contributed by atoms with Gasteiger partial charge in [-0.05, 0) is 48.0 Å². The van der Waals surface area contributed by atoms with Gasteiger partial charge in [0.25, 0.3) is 10.0 Å². The number of hydrogen-bond acceptors (Lipinski definition) is 3. The fourth-order valence-electron chi connectivity index (χ4n) is 2.92. The Balaban J connectivity index is 1.84. The Morgan fingerprint density at radius 2 is 1.61 bits per heavy atom. The number of amides is 1. The minimum absolute atomic E-state index is 0.0539. The average Bonchev–Trinajstić information content (AvgIpc) is 2.78. The monoisotopic (exact) mass is 516 g/mol. The second-order valence-electron chi connectivity index (χ2n) is 6.90. The smallest absolute Gasteiger partial charge is 0.350 e. The van der Waals surface area contributed by atoms with Crippen molar-refractivity contribution in [2.75, 3.05) is 10.8 Å². The number of carbonyl (C=O) groups excluding carboxylic acids is 1. The highest BCUT2D eigenvalue weighted by atomic mass is 35.5. The molecule has 1 amide bonds. The van der Waals surface area contributed by atoms with Gasteiger partial charge in [-0.2, -0.15) is 13.2 Å². The van der Waals surface area contributed by atoms with Crippen molar-refractivity contribution in [3.8, 4) is 0 Å². The number of anilines is 1. The van der Waals surface area contributed by atoms with Gasteiger partial charge in [-0.25, -0.2) is 8.42 Å². The van der Waals surface area contributed by atoms with Crippen molar-refractivity contribution in [1.29, 1.82) is 0 Å². The molecule has 0 aliphatic heterocycles. The highest BCUT2D eigenvalue weighted by Crippen LogP contribution is 2.31. The zero-order valence-electron chi connectivity index (χ0n) is 16.8. The molecular formula is C22H17Cl2F3N2O3S. The molecule has 3 aromatic carbocycles.